The largest absolute Gasteiger partial charge is 0.354 e. The highest BCUT2D eigenvalue weighted by atomic mass is 35.5. The van der Waals surface area contributed by atoms with Crippen LogP contribution < -0.4 is 9.62 Å². The van der Waals surface area contributed by atoms with E-state index in [0.717, 1.165) is 21.9 Å². The molecule has 3 rings (SSSR count). The van der Waals surface area contributed by atoms with Crippen LogP contribution in [0.15, 0.2) is 77.7 Å². The lowest BCUT2D eigenvalue weighted by Gasteiger charge is -2.33. The van der Waals surface area contributed by atoms with Crippen LogP contribution in [0, 0.1) is 6.92 Å². The van der Waals surface area contributed by atoms with Crippen molar-refractivity contribution in [1.29, 1.82) is 0 Å². The molecule has 2 amide bonds. The Morgan fingerprint density at radius 2 is 1.62 bits per heavy atom. The molecule has 0 radical (unpaired) electrons. The summed E-state index contributed by atoms with van der Waals surface area (Å²) in [7, 11) is -4.21. The standard InChI is InChI=1S/C29H33Cl2N3O4S/c1-4-17-32-29(36)26(5-2)33(19-22-12-10-9-11-21(22)3)28(35)20-34(27-16-15-23(30)18-25(27)31)39(37,38)24-13-7-6-8-14-24/h6-16,18,26H,4-5,17,19-20H2,1-3H3,(H,32,36)/t26-/m1/s1. The predicted octanol–water partition coefficient (Wildman–Crippen LogP) is 5.83. The lowest BCUT2D eigenvalue weighted by atomic mass is 10.1. The third-order valence-corrected chi connectivity index (χ3v) is 8.64. The molecule has 0 aliphatic carbocycles. The first kappa shape index (κ1) is 30.5. The molecule has 0 aliphatic rings. The second kappa shape index (κ2) is 13.8. The van der Waals surface area contributed by atoms with Crippen molar-refractivity contribution in [3.05, 3.63) is 94.0 Å². The van der Waals surface area contributed by atoms with Gasteiger partial charge in [-0.1, -0.05) is 79.5 Å². The number of rotatable bonds is 12. The van der Waals surface area contributed by atoms with Crippen molar-refractivity contribution in [2.45, 2.75) is 51.1 Å². The normalized spacial score (nSPS) is 12.0. The van der Waals surface area contributed by atoms with Crippen LogP contribution in [0.4, 0.5) is 5.69 Å². The summed E-state index contributed by atoms with van der Waals surface area (Å²) in [4.78, 5) is 28.6. The van der Waals surface area contributed by atoms with Crippen molar-refractivity contribution >= 4 is 50.7 Å². The van der Waals surface area contributed by atoms with Crippen LogP contribution in [0.2, 0.25) is 10.0 Å². The smallest absolute Gasteiger partial charge is 0.264 e. The first-order valence-electron chi connectivity index (χ1n) is 12.7. The number of sulfonamides is 1. The van der Waals surface area contributed by atoms with Crippen molar-refractivity contribution < 1.29 is 18.0 Å². The molecule has 0 unspecified atom stereocenters. The number of halogens is 2. The molecule has 0 spiro atoms. The van der Waals surface area contributed by atoms with Gasteiger partial charge < -0.3 is 10.2 Å². The minimum atomic E-state index is -4.21. The van der Waals surface area contributed by atoms with Crippen LogP contribution in [-0.2, 0) is 26.2 Å². The molecule has 1 atom stereocenters. The Labute approximate surface area is 240 Å². The van der Waals surface area contributed by atoms with Gasteiger partial charge in [0.15, 0.2) is 0 Å². The molecule has 208 valence electrons. The molecule has 10 heteroatoms. The Kier molecular flexibility index (Phi) is 10.8. The number of carbonyl (C=O) groups excluding carboxylic acids is 2. The van der Waals surface area contributed by atoms with Gasteiger partial charge >= 0.3 is 0 Å². The average molecular weight is 591 g/mol. The zero-order valence-electron chi connectivity index (χ0n) is 22.2. The van der Waals surface area contributed by atoms with E-state index in [1.165, 1.54) is 35.2 Å². The maximum absolute atomic E-state index is 14.0. The highest BCUT2D eigenvalue weighted by molar-refractivity contribution is 7.92. The third kappa shape index (κ3) is 7.53. The van der Waals surface area contributed by atoms with Crippen LogP contribution >= 0.6 is 23.2 Å². The zero-order chi connectivity index (χ0) is 28.6. The lowest BCUT2D eigenvalue weighted by Crippen LogP contribution is -2.52. The number of carbonyl (C=O) groups is 2. The van der Waals surface area contributed by atoms with E-state index in [4.69, 9.17) is 23.2 Å². The molecule has 0 bridgehead atoms. The molecular formula is C29H33Cl2N3O4S. The maximum atomic E-state index is 14.0. The summed E-state index contributed by atoms with van der Waals surface area (Å²) in [6.45, 7) is 5.73. The van der Waals surface area contributed by atoms with Gasteiger partial charge in [0.25, 0.3) is 10.0 Å². The Balaban J connectivity index is 2.08. The van der Waals surface area contributed by atoms with E-state index >= 15 is 0 Å². The van der Waals surface area contributed by atoms with Gasteiger partial charge in [0.1, 0.15) is 12.6 Å². The number of hydrogen-bond acceptors (Lipinski definition) is 4. The van der Waals surface area contributed by atoms with Crippen molar-refractivity contribution in [2.24, 2.45) is 0 Å². The van der Waals surface area contributed by atoms with E-state index in [-0.39, 0.29) is 28.1 Å². The predicted molar refractivity (Wildman–Crippen MR) is 157 cm³/mol. The summed E-state index contributed by atoms with van der Waals surface area (Å²) in [5.74, 6) is -0.828. The van der Waals surface area contributed by atoms with Crippen LogP contribution in [0.3, 0.4) is 0 Å². The number of aryl methyl sites for hydroxylation is 1. The highest BCUT2D eigenvalue weighted by Gasteiger charge is 2.34. The third-order valence-electron chi connectivity index (χ3n) is 6.33. The number of nitrogens with one attached hydrogen (secondary N) is 1. The first-order valence-corrected chi connectivity index (χ1v) is 14.9. The Morgan fingerprint density at radius 3 is 2.23 bits per heavy atom. The van der Waals surface area contributed by atoms with E-state index in [9.17, 15) is 18.0 Å². The molecule has 0 saturated carbocycles. The van der Waals surface area contributed by atoms with Gasteiger partial charge in [0.05, 0.1) is 15.6 Å². The van der Waals surface area contributed by atoms with E-state index < -0.39 is 28.5 Å². The van der Waals surface area contributed by atoms with Gasteiger partial charge in [-0.25, -0.2) is 8.42 Å². The fraction of sp³-hybridized carbons (Fsp3) is 0.310. The van der Waals surface area contributed by atoms with Gasteiger partial charge in [-0.2, -0.15) is 0 Å². The number of nitrogens with zero attached hydrogens (tertiary/aromatic N) is 2. The summed E-state index contributed by atoms with van der Waals surface area (Å²) < 4.78 is 28.7. The topological polar surface area (TPSA) is 86.8 Å². The van der Waals surface area contributed by atoms with E-state index in [1.807, 2.05) is 45.0 Å². The van der Waals surface area contributed by atoms with E-state index in [1.54, 1.807) is 18.2 Å². The monoisotopic (exact) mass is 589 g/mol. The Hall–Kier alpha value is -3.07. The minimum absolute atomic E-state index is 0.00185. The van der Waals surface area contributed by atoms with E-state index in [2.05, 4.69) is 5.32 Å². The minimum Gasteiger partial charge on any atom is -0.354 e. The molecule has 1 N–H and O–H groups in total. The summed E-state index contributed by atoms with van der Waals surface area (Å²) in [6.07, 6.45) is 1.09. The Morgan fingerprint density at radius 1 is 0.949 bits per heavy atom. The molecule has 3 aromatic carbocycles. The SMILES string of the molecule is CCCNC(=O)[C@@H](CC)N(Cc1ccccc1C)C(=O)CN(c1ccc(Cl)cc1Cl)S(=O)(=O)c1ccccc1. The van der Waals surface area contributed by atoms with Gasteiger partial charge in [0, 0.05) is 18.1 Å². The fourth-order valence-electron chi connectivity index (χ4n) is 4.17. The van der Waals surface area contributed by atoms with Crippen molar-refractivity contribution in [1.82, 2.24) is 10.2 Å². The average Bonchev–Trinajstić information content (AvgIpc) is 2.92. The fourth-order valence-corrected chi connectivity index (χ4v) is 6.19. The molecule has 0 saturated heterocycles. The highest BCUT2D eigenvalue weighted by Crippen LogP contribution is 2.33. The van der Waals surface area contributed by atoms with Gasteiger partial charge in [-0.15, -0.1) is 0 Å². The molecule has 0 fully saturated rings. The quantitative estimate of drug-likeness (QED) is 0.288. The van der Waals surface area contributed by atoms with Gasteiger partial charge in [-0.3, -0.25) is 13.9 Å². The van der Waals surface area contributed by atoms with Gasteiger partial charge in [-0.05, 0) is 61.2 Å². The van der Waals surface area contributed by atoms with Crippen LogP contribution in [0.5, 0.6) is 0 Å². The second-order valence-corrected chi connectivity index (χ2v) is 11.8. The van der Waals surface area contributed by atoms with Crippen LogP contribution in [0.1, 0.15) is 37.8 Å². The molecule has 3 aromatic rings. The maximum Gasteiger partial charge on any atom is 0.264 e. The van der Waals surface area contributed by atoms with Crippen LogP contribution in [-0.4, -0.2) is 44.3 Å². The van der Waals surface area contributed by atoms with E-state index in [0.29, 0.717) is 18.0 Å². The lowest BCUT2D eigenvalue weighted by molar-refractivity contribution is -0.140. The van der Waals surface area contributed by atoms with Crippen molar-refractivity contribution in [2.75, 3.05) is 17.4 Å². The number of anilines is 1. The number of hydrogen-bond donors (Lipinski definition) is 1. The summed E-state index contributed by atoms with van der Waals surface area (Å²) in [5, 5.41) is 3.28. The van der Waals surface area contributed by atoms with Crippen molar-refractivity contribution in [3.63, 3.8) is 0 Å². The van der Waals surface area contributed by atoms with Crippen molar-refractivity contribution in [3.8, 4) is 0 Å². The zero-order valence-corrected chi connectivity index (χ0v) is 24.6. The summed E-state index contributed by atoms with van der Waals surface area (Å²) in [5.41, 5.74) is 1.92. The number of amides is 2. The molecule has 39 heavy (non-hydrogen) atoms. The summed E-state index contributed by atoms with van der Waals surface area (Å²) >= 11 is 12.5. The van der Waals surface area contributed by atoms with Crippen LogP contribution in [0.25, 0.3) is 0 Å². The second-order valence-electron chi connectivity index (χ2n) is 9.08. The van der Waals surface area contributed by atoms with Gasteiger partial charge in [0.2, 0.25) is 11.8 Å². The summed E-state index contributed by atoms with van der Waals surface area (Å²) in [6, 6.07) is 19.0. The molecule has 7 nitrogen and oxygen atoms in total. The number of benzene rings is 3. The molecule has 0 heterocycles. The Bertz CT molecular complexity index is 1400. The molecular weight excluding hydrogens is 557 g/mol. The molecule has 0 aromatic heterocycles. The molecule has 0 aliphatic heterocycles. The first-order chi connectivity index (χ1) is 18.6.